The molecule has 2 aromatic carbocycles. The second-order valence-electron chi connectivity index (χ2n) is 5.78. The molecule has 0 spiro atoms. The Hall–Kier alpha value is -2.62. The Kier molecular flexibility index (Phi) is 4.71. The zero-order valence-corrected chi connectivity index (χ0v) is 13.0. The van der Waals surface area contributed by atoms with Crippen molar-refractivity contribution in [1.29, 1.82) is 0 Å². The molecule has 1 heterocycles. The van der Waals surface area contributed by atoms with E-state index in [4.69, 9.17) is 0 Å². The van der Waals surface area contributed by atoms with E-state index < -0.39 is 0 Å². The van der Waals surface area contributed by atoms with Crippen LogP contribution in [0.4, 0.5) is 0 Å². The molecular weight excluding hydrogens is 288 g/mol. The highest BCUT2D eigenvalue weighted by molar-refractivity contribution is 5.97. The number of carbonyl (C=O) groups excluding carboxylic acids is 2. The van der Waals surface area contributed by atoms with Gasteiger partial charge in [-0.2, -0.15) is 0 Å². The van der Waals surface area contributed by atoms with Gasteiger partial charge in [0.1, 0.15) is 6.42 Å². The predicted molar refractivity (Wildman–Crippen MR) is 88.3 cm³/mol. The largest absolute Gasteiger partial charge is 0.336 e. The van der Waals surface area contributed by atoms with Gasteiger partial charge in [0.2, 0.25) is 11.8 Å². The van der Waals surface area contributed by atoms with Crippen molar-refractivity contribution in [3.8, 4) is 0 Å². The minimum Gasteiger partial charge on any atom is -0.336 e. The van der Waals surface area contributed by atoms with Crippen LogP contribution in [0.15, 0.2) is 60.7 Å². The molecule has 0 atom stereocenters. The lowest BCUT2D eigenvalue weighted by atomic mass is 10.2. The summed E-state index contributed by atoms with van der Waals surface area (Å²) in [6.45, 7) is 2.27. The minimum atomic E-state index is -0.0885. The van der Waals surface area contributed by atoms with Gasteiger partial charge in [0, 0.05) is 26.2 Å². The Bertz CT molecular complexity index is 611. The van der Waals surface area contributed by atoms with E-state index in [2.05, 4.69) is 0 Å². The van der Waals surface area contributed by atoms with Gasteiger partial charge in [-0.3, -0.25) is 9.59 Å². The molecule has 0 N–H and O–H groups in total. The van der Waals surface area contributed by atoms with Gasteiger partial charge in [-0.1, -0.05) is 60.7 Å². The number of hydrogen-bond donors (Lipinski definition) is 0. The van der Waals surface area contributed by atoms with Crippen LogP contribution in [-0.4, -0.2) is 34.7 Å². The minimum absolute atomic E-state index is 0.0420. The van der Waals surface area contributed by atoms with E-state index >= 15 is 0 Å². The number of nitrogens with zero attached hydrogens (tertiary/aromatic N) is 2. The zero-order valence-electron chi connectivity index (χ0n) is 13.0. The summed E-state index contributed by atoms with van der Waals surface area (Å²) in [7, 11) is 0. The van der Waals surface area contributed by atoms with Crippen molar-refractivity contribution < 1.29 is 9.59 Å². The van der Waals surface area contributed by atoms with Crippen molar-refractivity contribution in [1.82, 2.24) is 9.80 Å². The van der Waals surface area contributed by atoms with E-state index in [1.165, 1.54) is 0 Å². The van der Waals surface area contributed by atoms with Crippen LogP contribution in [-0.2, 0) is 22.7 Å². The van der Waals surface area contributed by atoms with Crippen LogP contribution < -0.4 is 0 Å². The lowest BCUT2D eigenvalue weighted by molar-refractivity contribution is -0.137. The molecular formula is C19H20N2O2. The lowest BCUT2D eigenvalue weighted by Crippen LogP contribution is -2.33. The molecule has 2 aromatic rings. The smallest absolute Gasteiger partial charge is 0.232 e. The SMILES string of the molecule is O=C1CC(=O)N(Cc2ccccc2)CCN1Cc1ccccc1. The summed E-state index contributed by atoms with van der Waals surface area (Å²) >= 11 is 0. The summed E-state index contributed by atoms with van der Waals surface area (Å²) in [5, 5.41) is 0. The fraction of sp³-hybridized carbons (Fsp3) is 0.263. The van der Waals surface area contributed by atoms with Crippen LogP contribution in [0, 0.1) is 0 Å². The molecule has 1 saturated heterocycles. The number of hydrogen-bond acceptors (Lipinski definition) is 2. The fourth-order valence-electron chi connectivity index (χ4n) is 2.79. The van der Waals surface area contributed by atoms with Crippen LogP contribution in [0.2, 0.25) is 0 Å². The molecule has 3 rings (SSSR count). The molecule has 1 fully saturated rings. The maximum Gasteiger partial charge on any atom is 0.232 e. The highest BCUT2D eigenvalue weighted by Gasteiger charge is 2.26. The van der Waals surface area contributed by atoms with Crippen LogP contribution in [0.5, 0.6) is 0 Å². The van der Waals surface area contributed by atoms with Gasteiger partial charge < -0.3 is 9.80 Å². The summed E-state index contributed by atoms with van der Waals surface area (Å²) in [4.78, 5) is 28.2. The molecule has 118 valence electrons. The Morgan fingerprint density at radius 1 is 0.652 bits per heavy atom. The molecule has 0 bridgehead atoms. The maximum absolute atomic E-state index is 12.3. The molecule has 0 aliphatic carbocycles. The monoisotopic (exact) mass is 308 g/mol. The first-order valence-electron chi connectivity index (χ1n) is 7.86. The van der Waals surface area contributed by atoms with Crippen LogP contribution in [0.3, 0.4) is 0 Å². The predicted octanol–water partition coefficient (Wildman–Crippen LogP) is 2.45. The van der Waals surface area contributed by atoms with Gasteiger partial charge in [0.15, 0.2) is 0 Å². The van der Waals surface area contributed by atoms with Gasteiger partial charge in [0.25, 0.3) is 0 Å². The Balaban J connectivity index is 1.67. The molecule has 4 nitrogen and oxygen atoms in total. The zero-order chi connectivity index (χ0) is 16.1. The Morgan fingerprint density at radius 2 is 1.04 bits per heavy atom. The van der Waals surface area contributed by atoms with E-state index in [-0.39, 0.29) is 18.2 Å². The average Bonchev–Trinajstić information content (AvgIpc) is 2.70. The van der Waals surface area contributed by atoms with E-state index in [1.807, 2.05) is 60.7 Å². The first-order chi connectivity index (χ1) is 11.2. The van der Waals surface area contributed by atoms with Crippen LogP contribution in [0.1, 0.15) is 17.5 Å². The Labute approximate surface area is 136 Å². The Morgan fingerprint density at radius 3 is 1.43 bits per heavy atom. The number of benzene rings is 2. The topological polar surface area (TPSA) is 40.6 Å². The molecule has 2 amide bonds. The summed E-state index contributed by atoms with van der Waals surface area (Å²) in [5.41, 5.74) is 2.18. The normalized spacial score (nSPS) is 15.7. The number of amides is 2. The van der Waals surface area contributed by atoms with Crippen molar-refractivity contribution >= 4 is 11.8 Å². The van der Waals surface area contributed by atoms with Gasteiger partial charge in [-0.15, -0.1) is 0 Å². The first kappa shape index (κ1) is 15.3. The third-order valence-corrected chi connectivity index (χ3v) is 4.08. The lowest BCUT2D eigenvalue weighted by Gasteiger charge is -2.22. The maximum atomic E-state index is 12.3. The fourth-order valence-corrected chi connectivity index (χ4v) is 2.79. The van der Waals surface area contributed by atoms with Crippen molar-refractivity contribution in [3.05, 3.63) is 71.8 Å². The first-order valence-corrected chi connectivity index (χ1v) is 7.86. The third-order valence-electron chi connectivity index (χ3n) is 4.08. The molecule has 0 radical (unpaired) electrons. The van der Waals surface area contributed by atoms with Crippen molar-refractivity contribution in [2.75, 3.05) is 13.1 Å². The number of carbonyl (C=O) groups is 2. The highest BCUT2D eigenvalue weighted by atomic mass is 16.2. The highest BCUT2D eigenvalue weighted by Crippen LogP contribution is 2.13. The van der Waals surface area contributed by atoms with Crippen molar-refractivity contribution in [2.45, 2.75) is 19.5 Å². The van der Waals surface area contributed by atoms with E-state index in [9.17, 15) is 9.59 Å². The molecule has 0 aromatic heterocycles. The van der Waals surface area contributed by atoms with E-state index in [1.54, 1.807) is 9.80 Å². The summed E-state index contributed by atoms with van der Waals surface area (Å²) < 4.78 is 0. The molecule has 1 aliphatic rings. The standard InChI is InChI=1S/C19H20N2O2/c22-18-13-19(23)21(15-17-9-5-2-6-10-17)12-11-20(18)14-16-7-3-1-4-8-16/h1-10H,11-15H2. The van der Waals surface area contributed by atoms with E-state index in [0.717, 1.165) is 11.1 Å². The summed E-state index contributed by atoms with van der Waals surface area (Å²) in [5.74, 6) is -0.177. The third kappa shape index (κ3) is 3.97. The van der Waals surface area contributed by atoms with Crippen LogP contribution >= 0.6 is 0 Å². The van der Waals surface area contributed by atoms with E-state index in [0.29, 0.717) is 26.2 Å². The second-order valence-corrected chi connectivity index (χ2v) is 5.78. The second kappa shape index (κ2) is 7.09. The van der Waals surface area contributed by atoms with Gasteiger partial charge >= 0.3 is 0 Å². The summed E-state index contributed by atoms with van der Waals surface area (Å²) in [6, 6.07) is 19.8. The number of rotatable bonds is 4. The van der Waals surface area contributed by atoms with Gasteiger partial charge in [0.05, 0.1) is 0 Å². The van der Waals surface area contributed by atoms with Gasteiger partial charge in [-0.25, -0.2) is 0 Å². The molecule has 1 aliphatic heterocycles. The van der Waals surface area contributed by atoms with Crippen molar-refractivity contribution in [2.24, 2.45) is 0 Å². The van der Waals surface area contributed by atoms with Crippen molar-refractivity contribution in [3.63, 3.8) is 0 Å². The quantitative estimate of drug-likeness (QED) is 0.814. The molecule has 23 heavy (non-hydrogen) atoms. The van der Waals surface area contributed by atoms with Crippen LogP contribution in [0.25, 0.3) is 0 Å². The summed E-state index contributed by atoms with van der Waals surface area (Å²) in [6.07, 6.45) is -0.0420. The van der Waals surface area contributed by atoms with Gasteiger partial charge in [-0.05, 0) is 11.1 Å². The molecule has 0 saturated carbocycles. The molecule has 0 unspecified atom stereocenters. The average molecular weight is 308 g/mol. The molecule has 4 heteroatoms.